The zero-order valence-corrected chi connectivity index (χ0v) is 14.6. The molecule has 3 heterocycles. The molecule has 0 aliphatic carbocycles. The number of anilines is 1. The Hall–Kier alpha value is -0.580. The molecule has 3 rings (SSSR count). The van der Waals surface area contributed by atoms with E-state index in [1.165, 1.54) is 17.2 Å². The Bertz CT molecular complexity index is 773. The van der Waals surface area contributed by atoms with Crippen LogP contribution in [-0.2, 0) is 21.1 Å². The second-order valence-corrected chi connectivity index (χ2v) is 12.0. The van der Waals surface area contributed by atoms with Crippen LogP contribution in [0.3, 0.4) is 0 Å². The molecule has 9 nitrogen and oxygen atoms in total. The van der Waals surface area contributed by atoms with E-state index in [-0.39, 0.29) is 12.4 Å². The van der Waals surface area contributed by atoms with Gasteiger partial charge in [0.05, 0.1) is 12.9 Å². The maximum absolute atomic E-state index is 10.2. The van der Waals surface area contributed by atoms with Crippen LogP contribution in [-0.4, -0.2) is 54.7 Å². The van der Waals surface area contributed by atoms with Crippen LogP contribution < -0.4 is 5.73 Å². The van der Waals surface area contributed by atoms with E-state index >= 15 is 0 Å². The van der Waals surface area contributed by atoms with Crippen molar-refractivity contribution in [1.82, 2.24) is 19.5 Å². The van der Waals surface area contributed by atoms with E-state index in [0.29, 0.717) is 11.2 Å². The van der Waals surface area contributed by atoms with Crippen LogP contribution in [0.2, 0.25) is 0 Å². The summed E-state index contributed by atoms with van der Waals surface area (Å²) in [5.41, 5.74) is 6.46. The number of aliphatic hydroxyl groups excluding tert-OH is 2. The molecule has 13 heteroatoms. The minimum atomic E-state index is -2.94. The lowest BCUT2D eigenvalue weighted by molar-refractivity contribution is -0.0459. The van der Waals surface area contributed by atoms with Crippen LogP contribution >= 0.6 is 27.5 Å². The number of hydrogen-bond acceptors (Lipinski definition) is 9. The molecule has 1 aliphatic rings. The number of rotatable bonds is 4. The lowest BCUT2D eigenvalue weighted by atomic mass is 10.1. The van der Waals surface area contributed by atoms with Gasteiger partial charge in [0.15, 0.2) is 17.7 Å². The minimum Gasteiger partial charge on any atom is -0.387 e. The maximum atomic E-state index is 10.2. The molecule has 1 fully saturated rings. The topological polar surface area (TPSA) is 129 Å². The van der Waals surface area contributed by atoms with E-state index in [1.807, 2.05) is 0 Å². The fourth-order valence-corrected chi connectivity index (χ4v) is 3.15. The van der Waals surface area contributed by atoms with Crippen LogP contribution in [0.15, 0.2) is 12.7 Å². The fraction of sp³-hybridized carbons (Fsp3) is 0.500. The van der Waals surface area contributed by atoms with Crippen molar-refractivity contribution in [2.45, 2.75) is 24.5 Å². The first-order chi connectivity index (χ1) is 10.8. The molecule has 2 aromatic rings. The Morgan fingerprint density at radius 1 is 1.35 bits per heavy atom. The fourth-order valence-electron chi connectivity index (χ4n) is 2.31. The van der Waals surface area contributed by atoms with E-state index in [9.17, 15) is 10.2 Å². The zero-order chi connectivity index (χ0) is 16.8. The number of imidazole rings is 1. The molecule has 4 N–H and O–H groups in total. The number of fused-ring (bicyclic) bond motifs is 1. The van der Waals surface area contributed by atoms with E-state index in [1.54, 1.807) is 0 Å². The summed E-state index contributed by atoms with van der Waals surface area (Å²) in [6.45, 7) is -0.150. The molecule has 2 aromatic heterocycles. The van der Waals surface area contributed by atoms with E-state index < -0.39 is 29.5 Å². The third-order valence-corrected chi connectivity index (χ3v) is 4.74. The van der Waals surface area contributed by atoms with Crippen molar-refractivity contribution in [2.24, 2.45) is 0 Å². The summed E-state index contributed by atoms with van der Waals surface area (Å²) in [6, 6.07) is 0. The number of ether oxygens (including phenoxy) is 1. The van der Waals surface area contributed by atoms with Gasteiger partial charge in [0, 0.05) is 0 Å². The van der Waals surface area contributed by atoms with Gasteiger partial charge in [0.1, 0.15) is 30.2 Å². The first-order valence-corrected chi connectivity index (χ1v) is 10.9. The van der Waals surface area contributed by atoms with Gasteiger partial charge < -0.3 is 25.2 Å². The summed E-state index contributed by atoms with van der Waals surface area (Å²) in [5.74, 6) is 0.201. The molecule has 126 valence electrons. The van der Waals surface area contributed by atoms with Crippen molar-refractivity contribution in [3.8, 4) is 0 Å². The maximum Gasteiger partial charge on any atom is 0.240 e. The van der Waals surface area contributed by atoms with E-state index in [2.05, 4.69) is 15.0 Å². The van der Waals surface area contributed by atoms with Gasteiger partial charge in [-0.05, 0) is 34.3 Å². The third-order valence-electron chi connectivity index (χ3n) is 3.39. The van der Waals surface area contributed by atoms with Crippen LogP contribution in [0.1, 0.15) is 6.23 Å². The van der Waals surface area contributed by atoms with Crippen LogP contribution in [0.5, 0.6) is 0 Å². The Morgan fingerprint density at radius 2 is 2.09 bits per heavy atom. The Labute approximate surface area is 145 Å². The number of aromatic nitrogens is 4. The molecule has 1 saturated heterocycles. The SMILES string of the molecule is Nc1ncnc2c1ncn2[C@@H]1O[C@H](COP(=S)(Cl)Cl)[C@@H](O)[C@H]1O. The molecular weight excluding hydrogens is 388 g/mol. The van der Waals surface area contributed by atoms with Gasteiger partial charge in [-0.15, -0.1) is 0 Å². The normalized spacial score (nSPS) is 28.5. The molecule has 0 unspecified atom stereocenters. The molecule has 0 saturated carbocycles. The average Bonchev–Trinajstić information content (AvgIpc) is 3.01. The number of nitrogens with two attached hydrogens (primary N) is 1. The van der Waals surface area contributed by atoms with Gasteiger partial charge in [-0.25, -0.2) is 15.0 Å². The number of nitrogens with zero attached hydrogens (tertiary/aromatic N) is 4. The molecule has 0 bridgehead atoms. The number of aliphatic hydroxyl groups is 2. The lowest BCUT2D eigenvalue weighted by Gasteiger charge is -2.16. The lowest BCUT2D eigenvalue weighted by Crippen LogP contribution is -2.33. The summed E-state index contributed by atoms with van der Waals surface area (Å²) in [4.78, 5) is 9.05. The van der Waals surface area contributed by atoms with Crippen LogP contribution in [0.4, 0.5) is 5.82 Å². The van der Waals surface area contributed by atoms with Gasteiger partial charge in [-0.3, -0.25) is 4.57 Å². The summed E-state index contributed by atoms with van der Waals surface area (Å²) >= 11 is 16.0. The van der Waals surface area contributed by atoms with Crippen molar-refractivity contribution >= 4 is 56.2 Å². The smallest absolute Gasteiger partial charge is 0.240 e. The van der Waals surface area contributed by atoms with Crippen LogP contribution in [0, 0.1) is 0 Å². The molecule has 0 spiro atoms. The molecule has 1 aliphatic heterocycles. The molecule has 0 amide bonds. The second-order valence-electron chi connectivity index (χ2n) is 4.84. The van der Waals surface area contributed by atoms with Crippen molar-refractivity contribution < 1.29 is 19.5 Å². The highest BCUT2D eigenvalue weighted by molar-refractivity contribution is 8.36. The standard InChI is InChI=1S/C10H12Cl2N5O4PS/c11-22(12,23)20-1-4-6(18)7(19)10(21-4)17-3-16-5-8(13)14-2-15-9(5)17/h2-4,6-7,10,18-19H,1H2,(H2,13,14,15)/t4-,6-,7-,10-/m1/s1. The highest BCUT2D eigenvalue weighted by atomic mass is 35.9. The summed E-state index contributed by atoms with van der Waals surface area (Å²) in [7, 11) is 0. The Balaban J connectivity index is 1.85. The molecule has 0 radical (unpaired) electrons. The van der Waals surface area contributed by atoms with Crippen molar-refractivity contribution in [2.75, 3.05) is 12.3 Å². The van der Waals surface area contributed by atoms with Gasteiger partial charge in [-0.1, -0.05) is 0 Å². The Kier molecular flexibility index (Phi) is 4.78. The highest BCUT2D eigenvalue weighted by Gasteiger charge is 2.44. The zero-order valence-electron chi connectivity index (χ0n) is 11.4. The van der Waals surface area contributed by atoms with E-state index in [0.717, 1.165) is 0 Å². The number of halogens is 2. The van der Waals surface area contributed by atoms with Crippen LogP contribution in [0.25, 0.3) is 11.2 Å². The quantitative estimate of drug-likeness (QED) is 0.637. The predicted molar refractivity (Wildman–Crippen MR) is 87.6 cm³/mol. The number of hydrogen-bond donors (Lipinski definition) is 3. The molecular formula is C10H12Cl2N5O4PS. The Morgan fingerprint density at radius 3 is 2.78 bits per heavy atom. The van der Waals surface area contributed by atoms with Crippen molar-refractivity contribution in [3.05, 3.63) is 12.7 Å². The second kappa shape index (κ2) is 6.38. The largest absolute Gasteiger partial charge is 0.387 e. The number of nitrogen functional groups attached to an aromatic ring is 1. The van der Waals surface area contributed by atoms with Gasteiger partial charge in [-0.2, -0.15) is 0 Å². The van der Waals surface area contributed by atoms with Crippen molar-refractivity contribution in [1.29, 1.82) is 0 Å². The first kappa shape index (κ1) is 17.2. The molecule has 0 aromatic carbocycles. The van der Waals surface area contributed by atoms with Gasteiger partial charge >= 0.3 is 0 Å². The summed E-state index contributed by atoms with van der Waals surface area (Å²) < 4.78 is 12.2. The highest BCUT2D eigenvalue weighted by Crippen LogP contribution is 2.58. The summed E-state index contributed by atoms with van der Waals surface area (Å²) in [6.07, 6.45) is -1.57. The van der Waals surface area contributed by atoms with E-state index in [4.69, 9.17) is 49.3 Å². The molecule has 4 atom stereocenters. The third kappa shape index (κ3) is 3.45. The van der Waals surface area contributed by atoms with Gasteiger partial charge in [0.25, 0.3) is 0 Å². The van der Waals surface area contributed by atoms with Gasteiger partial charge in [0.2, 0.25) is 4.97 Å². The predicted octanol–water partition coefficient (Wildman–Crippen LogP) is 0.746. The summed E-state index contributed by atoms with van der Waals surface area (Å²) in [5, 5.41) is 20.3. The monoisotopic (exact) mass is 399 g/mol. The average molecular weight is 400 g/mol. The van der Waals surface area contributed by atoms with Crippen molar-refractivity contribution in [3.63, 3.8) is 0 Å². The first-order valence-electron chi connectivity index (χ1n) is 6.36. The molecule has 23 heavy (non-hydrogen) atoms. The minimum absolute atomic E-state index is 0.150.